The van der Waals surface area contributed by atoms with Crippen molar-refractivity contribution < 1.29 is 24.2 Å². The van der Waals surface area contributed by atoms with E-state index in [-0.39, 0.29) is 31.4 Å². The van der Waals surface area contributed by atoms with E-state index in [2.05, 4.69) is 29.6 Å². The molecule has 0 radical (unpaired) electrons. The predicted molar refractivity (Wildman–Crippen MR) is 125 cm³/mol. The van der Waals surface area contributed by atoms with Crippen LogP contribution in [-0.2, 0) is 20.9 Å². The van der Waals surface area contributed by atoms with E-state index in [0.717, 1.165) is 22.3 Å². The van der Waals surface area contributed by atoms with Crippen molar-refractivity contribution in [3.63, 3.8) is 0 Å². The van der Waals surface area contributed by atoms with Crippen molar-refractivity contribution in [3.8, 4) is 11.1 Å². The van der Waals surface area contributed by atoms with Crippen molar-refractivity contribution >= 4 is 12.1 Å². The van der Waals surface area contributed by atoms with Crippen LogP contribution in [-0.4, -0.2) is 37.4 Å². The van der Waals surface area contributed by atoms with Crippen LogP contribution in [0.15, 0.2) is 72.8 Å². The highest BCUT2D eigenvalue weighted by molar-refractivity contribution is 5.79. The largest absolute Gasteiger partial charge is 0.481 e. The fourth-order valence-electron chi connectivity index (χ4n) is 4.43. The topological polar surface area (TPSA) is 84.9 Å². The number of carbonyl (C=O) groups is 2. The molecule has 6 nitrogen and oxygen atoms in total. The van der Waals surface area contributed by atoms with E-state index >= 15 is 0 Å². The molecule has 33 heavy (non-hydrogen) atoms. The third-order valence-corrected chi connectivity index (χ3v) is 6.02. The van der Waals surface area contributed by atoms with E-state index in [1.54, 1.807) is 7.11 Å². The zero-order valence-corrected chi connectivity index (χ0v) is 18.5. The maximum Gasteiger partial charge on any atom is 0.407 e. The Hall–Kier alpha value is -3.64. The molecule has 1 aliphatic rings. The summed E-state index contributed by atoms with van der Waals surface area (Å²) < 4.78 is 10.7. The molecule has 1 atom stereocenters. The van der Waals surface area contributed by atoms with Crippen molar-refractivity contribution in [2.24, 2.45) is 0 Å². The Kier molecular flexibility index (Phi) is 7.05. The number of benzene rings is 3. The molecule has 2 N–H and O–H groups in total. The number of aliphatic carboxylic acids is 1. The minimum Gasteiger partial charge on any atom is -0.481 e. The molecule has 0 spiro atoms. The molecule has 170 valence electrons. The number of methoxy groups -OCH3 is 1. The van der Waals surface area contributed by atoms with E-state index in [1.807, 2.05) is 48.5 Å². The standard InChI is InChI=1S/C27H27NO5/c1-32-16-18-10-12-19(13-11-18)20(14-26(29)30)15-28-27(31)33-17-25-23-8-4-2-6-21(23)22-7-3-5-9-24(22)25/h2-13,20,25H,14-17H2,1H3,(H,28,31)(H,29,30). The summed E-state index contributed by atoms with van der Waals surface area (Å²) in [4.78, 5) is 23.9. The van der Waals surface area contributed by atoms with Crippen LogP contribution >= 0.6 is 0 Å². The fourth-order valence-corrected chi connectivity index (χ4v) is 4.43. The van der Waals surface area contributed by atoms with Gasteiger partial charge in [-0.2, -0.15) is 0 Å². The van der Waals surface area contributed by atoms with Gasteiger partial charge in [0.25, 0.3) is 0 Å². The Morgan fingerprint density at radius 2 is 1.55 bits per heavy atom. The first kappa shape index (κ1) is 22.6. The minimum absolute atomic E-state index is 0.0219. The Morgan fingerprint density at radius 3 is 2.12 bits per heavy atom. The van der Waals surface area contributed by atoms with Crippen molar-refractivity contribution in [2.45, 2.75) is 24.9 Å². The zero-order chi connectivity index (χ0) is 23.2. The second-order valence-corrected chi connectivity index (χ2v) is 8.18. The number of hydrogen-bond donors (Lipinski definition) is 2. The van der Waals surface area contributed by atoms with Gasteiger partial charge < -0.3 is 19.9 Å². The highest BCUT2D eigenvalue weighted by Crippen LogP contribution is 2.44. The summed E-state index contributed by atoms with van der Waals surface area (Å²) >= 11 is 0. The van der Waals surface area contributed by atoms with E-state index < -0.39 is 12.1 Å². The van der Waals surface area contributed by atoms with Crippen LogP contribution in [0.1, 0.15) is 40.5 Å². The van der Waals surface area contributed by atoms with Crippen molar-refractivity contribution in [1.29, 1.82) is 0 Å². The molecule has 1 unspecified atom stereocenters. The van der Waals surface area contributed by atoms with Gasteiger partial charge in [-0.25, -0.2) is 4.79 Å². The molecule has 3 aromatic rings. The van der Waals surface area contributed by atoms with Gasteiger partial charge in [-0.15, -0.1) is 0 Å². The van der Waals surface area contributed by atoms with E-state index in [0.29, 0.717) is 6.61 Å². The number of ether oxygens (including phenoxy) is 2. The summed E-state index contributed by atoms with van der Waals surface area (Å²) in [7, 11) is 1.62. The summed E-state index contributed by atoms with van der Waals surface area (Å²) in [5.41, 5.74) is 6.47. The molecular weight excluding hydrogens is 418 g/mol. The number of fused-ring (bicyclic) bond motifs is 3. The quantitative estimate of drug-likeness (QED) is 0.488. The predicted octanol–water partition coefficient (Wildman–Crippen LogP) is 4.93. The molecule has 0 bridgehead atoms. The highest BCUT2D eigenvalue weighted by atomic mass is 16.5. The third kappa shape index (κ3) is 5.23. The lowest BCUT2D eigenvalue weighted by atomic mass is 9.95. The van der Waals surface area contributed by atoms with Gasteiger partial charge in [-0.3, -0.25) is 4.79 Å². The molecule has 0 aliphatic heterocycles. The lowest BCUT2D eigenvalue weighted by Crippen LogP contribution is -2.31. The second-order valence-electron chi connectivity index (χ2n) is 8.18. The molecule has 0 saturated heterocycles. The molecule has 1 amide bonds. The summed E-state index contributed by atoms with van der Waals surface area (Å²) in [6.45, 7) is 0.879. The van der Waals surface area contributed by atoms with E-state index in [9.17, 15) is 14.7 Å². The van der Waals surface area contributed by atoms with Crippen molar-refractivity contribution in [2.75, 3.05) is 20.3 Å². The number of carbonyl (C=O) groups excluding carboxylic acids is 1. The zero-order valence-electron chi connectivity index (χ0n) is 18.5. The maximum absolute atomic E-state index is 12.5. The van der Waals surface area contributed by atoms with Gasteiger partial charge in [0.2, 0.25) is 0 Å². The Balaban J connectivity index is 1.38. The summed E-state index contributed by atoms with van der Waals surface area (Å²) in [5.74, 6) is -1.30. The number of rotatable bonds is 9. The molecule has 0 fully saturated rings. The van der Waals surface area contributed by atoms with Crippen LogP contribution in [0.25, 0.3) is 11.1 Å². The van der Waals surface area contributed by atoms with Gasteiger partial charge in [0, 0.05) is 25.5 Å². The van der Waals surface area contributed by atoms with Crippen LogP contribution < -0.4 is 5.32 Å². The van der Waals surface area contributed by atoms with E-state index in [1.165, 1.54) is 11.1 Å². The number of carboxylic acids is 1. The summed E-state index contributed by atoms with van der Waals surface area (Å²) in [6, 6.07) is 23.9. The Labute approximate surface area is 193 Å². The first-order valence-corrected chi connectivity index (χ1v) is 10.9. The van der Waals surface area contributed by atoms with Gasteiger partial charge >= 0.3 is 12.1 Å². The number of hydrogen-bond acceptors (Lipinski definition) is 4. The second kappa shape index (κ2) is 10.3. The number of amides is 1. The van der Waals surface area contributed by atoms with Gasteiger partial charge in [0.05, 0.1) is 13.0 Å². The lowest BCUT2D eigenvalue weighted by Gasteiger charge is -2.18. The number of carboxylic acid groups (broad SMARTS) is 1. The summed E-state index contributed by atoms with van der Waals surface area (Å²) in [5, 5.41) is 12.1. The van der Waals surface area contributed by atoms with Gasteiger partial charge in [-0.05, 0) is 33.4 Å². The van der Waals surface area contributed by atoms with Crippen molar-refractivity contribution in [3.05, 3.63) is 95.1 Å². The number of nitrogens with one attached hydrogen (secondary N) is 1. The molecule has 1 aliphatic carbocycles. The SMILES string of the molecule is COCc1ccc(C(CNC(=O)OCC2c3ccccc3-c3ccccc32)CC(=O)O)cc1. The Bertz CT molecular complexity index is 1080. The summed E-state index contributed by atoms with van der Waals surface area (Å²) in [6.07, 6.45) is -0.643. The van der Waals surface area contributed by atoms with Crippen LogP contribution in [0.3, 0.4) is 0 Å². The van der Waals surface area contributed by atoms with Gasteiger partial charge in [-0.1, -0.05) is 72.8 Å². The minimum atomic E-state index is -0.921. The molecule has 0 aromatic heterocycles. The molecule has 0 heterocycles. The molecule has 0 saturated carbocycles. The maximum atomic E-state index is 12.5. The van der Waals surface area contributed by atoms with Crippen LogP contribution in [0.5, 0.6) is 0 Å². The molecule has 3 aromatic carbocycles. The fraction of sp³-hybridized carbons (Fsp3) is 0.259. The van der Waals surface area contributed by atoms with Crippen LogP contribution in [0, 0.1) is 0 Å². The average molecular weight is 446 g/mol. The molecular formula is C27H27NO5. The third-order valence-electron chi connectivity index (χ3n) is 6.02. The molecule has 6 heteroatoms. The number of alkyl carbamates (subject to hydrolysis) is 1. The Morgan fingerprint density at radius 1 is 0.939 bits per heavy atom. The monoisotopic (exact) mass is 445 g/mol. The molecule has 4 rings (SSSR count). The average Bonchev–Trinajstić information content (AvgIpc) is 3.15. The van der Waals surface area contributed by atoms with Crippen molar-refractivity contribution in [1.82, 2.24) is 5.32 Å². The highest BCUT2D eigenvalue weighted by Gasteiger charge is 2.29. The van der Waals surface area contributed by atoms with Crippen LogP contribution in [0.4, 0.5) is 4.79 Å². The van der Waals surface area contributed by atoms with E-state index in [4.69, 9.17) is 9.47 Å². The first-order chi connectivity index (χ1) is 16.1. The van der Waals surface area contributed by atoms with Gasteiger partial charge in [0.1, 0.15) is 6.61 Å². The normalized spacial score (nSPS) is 13.1. The van der Waals surface area contributed by atoms with Crippen LogP contribution in [0.2, 0.25) is 0 Å². The first-order valence-electron chi connectivity index (χ1n) is 10.9. The smallest absolute Gasteiger partial charge is 0.407 e. The van der Waals surface area contributed by atoms with Gasteiger partial charge in [0.15, 0.2) is 0 Å². The lowest BCUT2D eigenvalue weighted by molar-refractivity contribution is -0.137.